The van der Waals surface area contributed by atoms with Crippen molar-refractivity contribution in [1.82, 2.24) is 24.8 Å². The van der Waals surface area contributed by atoms with Crippen molar-refractivity contribution in [1.29, 1.82) is 0 Å². The Morgan fingerprint density at radius 3 is 2.28 bits per heavy atom. The zero-order valence-electron chi connectivity index (χ0n) is 32.9. The van der Waals surface area contributed by atoms with Crippen molar-refractivity contribution in [3.05, 3.63) is 71.3 Å². The topological polar surface area (TPSA) is 149 Å². The number of hydrogen-bond acceptors (Lipinski definition) is 9. The van der Waals surface area contributed by atoms with Crippen molar-refractivity contribution in [2.24, 2.45) is 0 Å². The molecule has 5 aromatic rings. The number of amides is 3. The standard InChI is InChI=1S/C42H51N7O6.2ClH/c1-42(2,3)37-25-38(46-55-37)45-40(51)43-28-10-12-34-27(22-28)23-36(53-34)39(50)33-24-30-31(26-47-16-6-4-7-17-47)35(13-11-32(30)44-33)54-41(52)49-20-14-29(15-21-49)48-18-8-5-9-19-48;;/h10-13,22-25,29,44H,4-9,14-21,26H2,1-3H3,(H2,43,45,46,51);2*1H. The lowest BCUT2D eigenvalue weighted by Gasteiger charge is -2.39. The van der Waals surface area contributed by atoms with E-state index in [2.05, 4.69) is 30.6 Å². The van der Waals surface area contributed by atoms with Gasteiger partial charge in [0.05, 0.1) is 5.69 Å². The summed E-state index contributed by atoms with van der Waals surface area (Å²) in [6.45, 7) is 12.3. The molecule has 3 fully saturated rings. The van der Waals surface area contributed by atoms with E-state index in [0.29, 0.717) is 65.4 Å². The van der Waals surface area contributed by atoms with Gasteiger partial charge < -0.3 is 33.8 Å². The fraction of sp³-hybridized carbons (Fsp3) is 0.476. The average Bonchev–Trinajstić information content (AvgIpc) is 3.95. The monoisotopic (exact) mass is 821 g/mol. The van der Waals surface area contributed by atoms with Crippen LogP contribution >= 0.6 is 24.8 Å². The zero-order valence-corrected chi connectivity index (χ0v) is 34.5. The number of aromatic nitrogens is 2. The first-order valence-corrected chi connectivity index (χ1v) is 19.8. The van der Waals surface area contributed by atoms with Gasteiger partial charge in [0.1, 0.15) is 17.1 Å². The van der Waals surface area contributed by atoms with Crippen molar-refractivity contribution in [2.75, 3.05) is 49.9 Å². The molecule has 3 N–H and O–H groups in total. The van der Waals surface area contributed by atoms with E-state index >= 15 is 0 Å². The second-order valence-corrected chi connectivity index (χ2v) is 16.3. The number of benzene rings is 2. The minimum atomic E-state index is -0.478. The summed E-state index contributed by atoms with van der Waals surface area (Å²) in [6.07, 6.45) is 8.93. The Morgan fingerprint density at radius 1 is 0.860 bits per heavy atom. The SMILES string of the molecule is CC(C)(C)c1cc(NC(=O)Nc2ccc3oc(C(=O)c4cc5c(CN6CCCCC6)c(OC(=O)N6CCC(N7CCCCC7)CC6)ccc5[nH]4)cc3c2)no1.Cl.Cl. The highest BCUT2D eigenvalue weighted by Crippen LogP contribution is 2.34. The van der Waals surface area contributed by atoms with E-state index in [1.165, 1.54) is 25.7 Å². The molecule has 57 heavy (non-hydrogen) atoms. The van der Waals surface area contributed by atoms with Crippen molar-refractivity contribution in [2.45, 2.75) is 90.1 Å². The second kappa shape index (κ2) is 17.9. The molecule has 0 aliphatic carbocycles. The molecule has 3 aliphatic rings. The minimum Gasteiger partial charge on any atom is -0.453 e. The third kappa shape index (κ3) is 9.60. The third-order valence-electron chi connectivity index (χ3n) is 11.3. The van der Waals surface area contributed by atoms with Crippen LogP contribution in [0.25, 0.3) is 21.9 Å². The van der Waals surface area contributed by atoms with E-state index in [9.17, 15) is 14.4 Å². The maximum Gasteiger partial charge on any atom is 0.415 e. The summed E-state index contributed by atoms with van der Waals surface area (Å²) in [5, 5.41) is 10.9. The number of carbonyl (C=O) groups excluding carboxylic acids is 3. The molecule has 3 aromatic heterocycles. The Bertz CT molecular complexity index is 2190. The molecule has 3 saturated heterocycles. The van der Waals surface area contributed by atoms with Crippen molar-refractivity contribution in [3.63, 3.8) is 0 Å². The highest BCUT2D eigenvalue weighted by molar-refractivity contribution is 6.11. The van der Waals surface area contributed by atoms with Crippen molar-refractivity contribution >= 4 is 76.1 Å². The molecule has 0 atom stereocenters. The van der Waals surface area contributed by atoms with Crippen LogP contribution in [0.1, 0.15) is 99.7 Å². The van der Waals surface area contributed by atoms with Crippen LogP contribution < -0.4 is 15.4 Å². The Morgan fingerprint density at radius 2 is 1.58 bits per heavy atom. The Balaban J connectivity index is 0.00000275. The number of piperidine rings is 3. The molecule has 0 saturated carbocycles. The smallest absolute Gasteiger partial charge is 0.415 e. The molecule has 306 valence electrons. The fourth-order valence-corrected chi connectivity index (χ4v) is 8.15. The van der Waals surface area contributed by atoms with Crippen molar-refractivity contribution in [3.8, 4) is 5.75 Å². The van der Waals surface area contributed by atoms with E-state index in [4.69, 9.17) is 13.7 Å². The number of nitrogens with one attached hydrogen (secondary N) is 3. The normalized spacial score (nSPS) is 17.2. The summed E-state index contributed by atoms with van der Waals surface area (Å²) in [5.74, 6) is 1.36. The van der Waals surface area contributed by atoms with Crippen LogP contribution in [0.5, 0.6) is 5.75 Å². The first kappa shape index (κ1) is 42.1. The van der Waals surface area contributed by atoms with Gasteiger partial charge in [0.25, 0.3) is 0 Å². The molecular weight excluding hydrogens is 769 g/mol. The van der Waals surface area contributed by atoms with Gasteiger partial charge in [-0.25, -0.2) is 9.59 Å². The first-order valence-electron chi connectivity index (χ1n) is 19.8. The van der Waals surface area contributed by atoms with E-state index in [0.717, 1.165) is 68.3 Å². The highest BCUT2D eigenvalue weighted by Gasteiger charge is 2.30. The van der Waals surface area contributed by atoms with Gasteiger partial charge in [-0.1, -0.05) is 38.8 Å². The summed E-state index contributed by atoms with van der Waals surface area (Å²) in [6, 6.07) is 14.2. The molecule has 3 amide bonds. The number of H-pyrrole nitrogens is 1. The number of likely N-dealkylation sites (tertiary alicyclic amines) is 3. The molecule has 13 nitrogen and oxygen atoms in total. The number of rotatable bonds is 8. The lowest BCUT2D eigenvalue weighted by Crippen LogP contribution is -2.48. The van der Waals surface area contributed by atoms with E-state index in [1.807, 2.05) is 43.9 Å². The molecule has 0 unspecified atom stereocenters. The maximum atomic E-state index is 13.9. The molecule has 15 heteroatoms. The van der Waals surface area contributed by atoms with Crippen LogP contribution in [0.2, 0.25) is 0 Å². The number of hydrogen-bond donors (Lipinski definition) is 3. The van der Waals surface area contributed by atoms with Gasteiger partial charge in [-0.2, -0.15) is 0 Å². The first-order chi connectivity index (χ1) is 26.6. The van der Waals surface area contributed by atoms with Gasteiger partial charge in [-0.3, -0.25) is 15.0 Å². The summed E-state index contributed by atoms with van der Waals surface area (Å²) >= 11 is 0. The maximum absolute atomic E-state index is 13.9. The number of halogens is 2. The summed E-state index contributed by atoms with van der Waals surface area (Å²) in [7, 11) is 0. The number of urea groups is 1. The highest BCUT2D eigenvalue weighted by atomic mass is 35.5. The van der Waals surface area contributed by atoms with Crippen LogP contribution in [-0.4, -0.2) is 88.1 Å². The summed E-state index contributed by atoms with van der Waals surface area (Å²) in [4.78, 5) is 50.4. The van der Waals surface area contributed by atoms with Crippen molar-refractivity contribution < 1.29 is 28.1 Å². The molecule has 0 spiro atoms. The summed E-state index contributed by atoms with van der Waals surface area (Å²) in [5.41, 5.74) is 2.84. The number of ketones is 1. The van der Waals surface area contributed by atoms with Gasteiger partial charge in [0, 0.05) is 64.7 Å². The van der Waals surface area contributed by atoms with Gasteiger partial charge in [0.2, 0.25) is 5.78 Å². The molecule has 0 radical (unpaired) electrons. The zero-order chi connectivity index (χ0) is 38.1. The van der Waals surface area contributed by atoms with Crippen LogP contribution in [0, 0.1) is 0 Å². The number of aromatic amines is 1. The van der Waals surface area contributed by atoms with Crippen LogP contribution in [0.3, 0.4) is 0 Å². The van der Waals surface area contributed by atoms with Crippen LogP contribution in [0.15, 0.2) is 57.5 Å². The molecular formula is C42H53Cl2N7O6. The fourth-order valence-electron chi connectivity index (χ4n) is 8.15. The summed E-state index contributed by atoms with van der Waals surface area (Å²) < 4.78 is 17.5. The van der Waals surface area contributed by atoms with E-state index < -0.39 is 6.03 Å². The second-order valence-electron chi connectivity index (χ2n) is 16.3. The number of furan rings is 1. The van der Waals surface area contributed by atoms with E-state index in [1.54, 1.807) is 30.3 Å². The quantitative estimate of drug-likeness (QED) is 0.130. The van der Waals surface area contributed by atoms with Crippen LogP contribution in [-0.2, 0) is 12.0 Å². The van der Waals surface area contributed by atoms with Gasteiger partial charge in [-0.15, -0.1) is 24.8 Å². The van der Waals surface area contributed by atoms with Gasteiger partial charge >= 0.3 is 12.1 Å². The van der Waals surface area contributed by atoms with Crippen LogP contribution in [0.4, 0.5) is 21.1 Å². The molecule has 6 heterocycles. The predicted molar refractivity (Wildman–Crippen MR) is 225 cm³/mol. The number of carbonyl (C=O) groups is 3. The number of fused-ring (bicyclic) bond motifs is 2. The molecule has 2 aromatic carbocycles. The van der Waals surface area contributed by atoms with Gasteiger partial charge in [-0.05, 0) is 107 Å². The molecule has 8 rings (SSSR count). The number of ether oxygens (including phenoxy) is 1. The number of anilines is 2. The van der Waals surface area contributed by atoms with Gasteiger partial charge in [0.15, 0.2) is 11.6 Å². The Kier molecular flexibility index (Phi) is 13.2. The lowest BCUT2D eigenvalue weighted by molar-refractivity contribution is 0.0875. The Hall–Kier alpha value is -4.56. The van der Waals surface area contributed by atoms with E-state index in [-0.39, 0.29) is 47.9 Å². The predicted octanol–water partition coefficient (Wildman–Crippen LogP) is 9.35. The largest absolute Gasteiger partial charge is 0.453 e. The molecule has 0 bridgehead atoms. The molecule has 3 aliphatic heterocycles. The third-order valence-corrected chi connectivity index (χ3v) is 11.3. The minimum absolute atomic E-state index is 0. The average molecular weight is 823 g/mol. The number of nitrogens with zero attached hydrogens (tertiary/aromatic N) is 4. The lowest BCUT2D eigenvalue weighted by atomic mass is 9.93. The Labute approximate surface area is 345 Å².